The average molecular weight is 353 g/mol. The van der Waals surface area contributed by atoms with Crippen molar-refractivity contribution in [1.82, 2.24) is 14.5 Å². The van der Waals surface area contributed by atoms with E-state index in [1.165, 1.54) is 12.1 Å². The van der Waals surface area contributed by atoms with Crippen LogP contribution >= 0.6 is 0 Å². The van der Waals surface area contributed by atoms with Gasteiger partial charge < -0.3 is 15.6 Å². The smallest absolute Gasteiger partial charge is 0.204 e. The first kappa shape index (κ1) is 17.0. The molecular weight excluding hydrogens is 329 g/mol. The van der Waals surface area contributed by atoms with Gasteiger partial charge in [0.05, 0.1) is 17.6 Å². The summed E-state index contributed by atoms with van der Waals surface area (Å²) in [4.78, 5) is 7.18. The molecule has 1 fully saturated rings. The molecule has 1 atom stereocenters. The lowest BCUT2D eigenvalue weighted by Crippen LogP contribution is -2.30. The van der Waals surface area contributed by atoms with Crippen molar-refractivity contribution in [3.8, 4) is 0 Å². The molecule has 0 radical (unpaired) electrons. The van der Waals surface area contributed by atoms with E-state index < -0.39 is 0 Å². The van der Waals surface area contributed by atoms with Crippen LogP contribution < -0.4 is 11.1 Å². The van der Waals surface area contributed by atoms with Gasteiger partial charge >= 0.3 is 0 Å². The van der Waals surface area contributed by atoms with Gasteiger partial charge in [0, 0.05) is 32.2 Å². The Labute approximate surface area is 152 Å². The van der Waals surface area contributed by atoms with Gasteiger partial charge in [0.15, 0.2) is 0 Å². The number of aromatic nitrogens is 2. The number of anilines is 1. The Morgan fingerprint density at radius 2 is 1.96 bits per heavy atom. The Hall–Kier alpha value is -2.44. The topological polar surface area (TPSA) is 59.1 Å². The quantitative estimate of drug-likeness (QED) is 0.715. The van der Waals surface area contributed by atoms with E-state index in [1.54, 1.807) is 0 Å². The number of nitrogens with two attached hydrogens (primary N) is 1. The van der Waals surface area contributed by atoms with Crippen LogP contribution in [0.2, 0.25) is 0 Å². The highest BCUT2D eigenvalue weighted by atomic mass is 19.1. The minimum absolute atomic E-state index is 0.214. The number of nitrogens with zero attached hydrogens (tertiary/aromatic N) is 3. The maximum Gasteiger partial charge on any atom is 0.204 e. The van der Waals surface area contributed by atoms with Crippen molar-refractivity contribution in [3.63, 3.8) is 0 Å². The van der Waals surface area contributed by atoms with Gasteiger partial charge in [-0.15, -0.1) is 0 Å². The third-order valence-corrected chi connectivity index (χ3v) is 4.96. The van der Waals surface area contributed by atoms with Crippen LogP contribution in [0.4, 0.5) is 10.3 Å². The highest BCUT2D eigenvalue weighted by Crippen LogP contribution is 2.23. The molecule has 6 heteroatoms. The lowest BCUT2D eigenvalue weighted by Gasteiger charge is -2.17. The van der Waals surface area contributed by atoms with Gasteiger partial charge in [-0.2, -0.15) is 0 Å². The summed E-state index contributed by atoms with van der Waals surface area (Å²) in [6.07, 6.45) is 1.08. The molecule has 4 rings (SSSR count). The fourth-order valence-electron chi connectivity index (χ4n) is 3.64. The number of hydrogen-bond acceptors (Lipinski definition) is 4. The minimum atomic E-state index is -0.214. The lowest BCUT2D eigenvalue weighted by atomic mass is 10.2. The van der Waals surface area contributed by atoms with Crippen LogP contribution in [0.25, 0.3) is 11.0 Å². The predicted octanol–water partition coefficient (Wildman–Crippen LogP) is 2.67. The Balaban J connectivity index is 1.60. The third-order valence-electron chi connectivity index (χ3n) is 4.96. The van der Waals surface area contributed by atoms with Crippen LogP contribution in [-0.2, 0) is 6.54 Å². The van der Waals surface area contributed by atoms with Crippen molar-refractivity contribution in [2.24, 2.45) is 5.73 Å². The second-order valence-corrected chi connectivity index (χ2v) is 6.86. The van der Waals surface area contributed by atoms with E-state index in [4.69, 9.17) is 10.7 Å². The Morgan fingerprint density at radius 1 is 1.15 bits per heavy atom. The number of fused-ring (bicyclic) bond motifs is 1. The maximum atomic E-state index is 13.2. The molecule has 1 aromatic heterocycles. The summed E-state index contributed by atoms with van der Waals surface area (Å²) in [6.45, 7) is 4.33. The molecule has 2 aromatic carbocycles. The number of para-hydroxylation sites is 2. The zero-order valence-corrected chi connectivity index (χ0v) is 14.7. The van der Waals surface area contributed by atoms with Crippen LogP contribution in [0, 0.1) is 5.82 Å². The van der Waals surface area contributed by atoms with Gasteiger partial charge in [-0.25, -0.2) is 9.37 Å². The molecule has 26 heavy (non-hydrogen) atoms. The largest absolute Gasteiger partial charge is 0.352 e. The van der Waals surface area contributed by atoms with Gasteiger partial charge in [0.25, 0.3) is 0 Å². The summed E-state index contributed by atoms with van der Waals surface area (Å²) in [7, 11) is 0. The van der Waals surface area contributed by atoms with Crippen molar-refractivity contribution in [2.75, 3.05) is 31.5 Å². The number of likely N-dealkylation sites (tertiary alicyclic amines) is 1. The van der Waals surface area contributed by atoms with Crippen molar-refractivity contribution in [2.45, 2.75) is 19.0 Å². The number of imidazole rings is 1. The molecular formula is C20H24FN5. The van der Waals surface area contributed by atoms with E-state index in [0.717, 1.165) is 48.6 Å². The molecule has 1 unspecified atom stereocenters. The molecule has 1 saturated heterocycles. The van der Waals surface area contributed by atoms with Gasteiger partial charge in [-0.1, -0.05) is 24.3 Å². The van der Waals surface area contributed by atoms with Gasteiger partial charge in [-0.05, 0) is 36.2 Å². The van der Waals surface area contributed by atoms with E-state index >= 15 is 0 Å². The summed E-state index contributed by atoms with van der Waals surface area (Å²) in [5, 5.41) is 3.61. The number of nitrogens with one attached hydrogen (secondary N) is 1. The zero-order valence-electron chi connectivity index (χ0n) is 14.7. The molecule has 0 spiro atoms. The molecule has 0 aliphatic carbocycles. The van der Waals surface area contributed by atoms with Crippen molar-refractivity contribution >= 4 is 17.0 Å². The van der Waals surface area contributed by atoms with Gasteiger partial charge in [0.1, 0.15) is 5.82 Å². The predicted molar refractivity (Wildman–Crippen MR) is 103 cm³/mol. The van der Waals surface area contributed by atoms with E-state index in [2.05, 4.69) is 20.9 Å². The summed E-state index contributed by atoms with van der Waals surface area (Å²) in [6, 6.07) is 15.1. The van der Waals surface area contributed by atoms with E-state index in [0.29, 0.717) is 19.1 Å². The fourth-order valence-corrected chi connectivity index (χ4v) is 3.64. The van der Waals surface area contributed by atoms with Crippen LogP contribution in [0.3, 0.4) is 0 Å². The zero-order chi connectivity index (χ0) is 17.9. The van der Waals surface area contributed by atoms with E-state index in [9.17, 15) is 4.39 Å². The summed E-state index contributed by atoms with van der Waals surface area (Å²) >= 11 is 0. The lowest BCUT2D eigenvalue weighted by molar-refractivity contribution is 0.346. The number of benzene rings is 2. The normalized spacial score (nSPS) is 17.8. The van der Waals surface area contributed by atoms with Crippen LogP contribution in [-0.4, -0.2) is 46.7 Å². The highest BCUT2D eigenvalue weighted by Gasteiger charge is 2.23. The summed E-state index contributed by atoms with van der Waals surface area (Å²) in [5.74, 6) is 0.656. The first-order chi connectivity index (χ1) is 12.7. The second kappa shape index (κ2) is 7.43. The fraction of sp³-hybridized carbons (Fsp3) is 0.350. The Kier molecular flexibility index (Phi) is 4.86. The third kappa shape index (κ3) is 3.57. The summed E-state index contributed by atoms with van der Waals surface area (Å²) in [5.41, 5.74) is 8.77. The first-order valence-electron chi connectivity index (χ1n) is 9.11. The highest BCUT2D eigenvalue weighted by molar-refractivity contribution is 5.78. The molecule has 0 saturated carbocycles. The monoisotopic (exact) mass is 353 g/mol. The van der Waals surface area contributed by atoms with Gasteiger partial charge in [-0.3, -0.25) is 4.90 Å². The average Bonchev–Trinajstić information content (AvgIpc) is 3.22. The molecule has 3 N–H and O–H groups in total. The van der Waals surface area contributed by atoms with Crippen LogP contribution in [0.1, 0.15) is 12.0 Å². The molecule has 2 heterocycles. The molecule has 3 aromatic rings. The number of rotatable bonds is 6. The van der Waals surface area contributed by atoms with E-state index in [-0.39, 0.29) is 5.82 Å². The standard InChI is InChI=1S/C20H24FN5/c21-16-7-5-15(6-8-16)13-26-19-4-2-1-3-18(19)24-20(26)23-17-9-11-25(14-17)12-10-22/h1-8,17H,9-14,22H2,(H,23,24). The maximum absolute atomic E-state index is 13.2. The van der Waals surface area contributed by atoms with Crippen molar-refractivity contribution in [3.05, 3.63) is 59.9 Å². The molecule has 136 valence electrons. The SMILES string of the molecule is NCCN1CCC(Nc2nc3ccccc3n2Cc2ccc(F)cc2)C1. The number of halogens is 1. The minimum Gasteiger partial charge on any atom is -0.352 e. The number of hydrogen-bond donors (Lipinski definition) is 2. The van der Waals surface area contributed by atoms with Crippen LogP contribution in [0.5, 0.6) is 0 Å². The van der Waals surface area contributed by atoms with Crippen molar-refractivity contribution in [1.29, 1.82) is 0 Å². The molecule has 0 bridgehead atoms. The Morgan fingerprint density at radius 3 is 2.77 bits per heavy atom. The second-order valence-electron chi connectivity index (χ2n) is 6.86. The molecule has 0 amide bonds. The van der Waals surface area contributed by atoms with Gasteiger partial charge in [0.2, 0.25) is 5.95 Å². The van der Waals surface area contributed by atoms with E-state index in [1.807, 2.05) is 30.3 Å². The molecule has 1 aliphatic rings. The first-order valence-corrected chi connectivity index (χ1v) is 9.11. The van der Waals surface area contributed by atoms with Crippen molar-refractivity contribution < 1.29 is 4.39 Å². The molecule has 1 aliphatic heterocycles. The molecule has 5 nitrogen and oxygen atoms in total. The van der Waals surface area contributed by atoms with Crippen LogP contribution in [0.15, 0.2) is 48.5 Å². The summed E-state index contributed by atoms with van der Waals surface area (Å²) < 4.78 is 15.4. The Bertz CT molecular complexity index is 874.